The quantitative estimate of drug-likeness (QED) is 0.639. The smallest absolute Gasteiger partial charge is 0.341 e. The molecule has 31 heavy (non-hydrogen) atoms. The number of aliphatic imine (C=N–C) groups is 1. The molecular weight excluding hydrogens is 474 g/mol. The summed E-state index contributed by atoms with van der Waals surface area (Å²) < 4.78 is 33.3. The van der Waals surface area contributed by atoms with Crippen molar-refractivity contribution < 1.29 is 23.1 Å². The average Bonchev–Trinajstić information content (AvgIpc) is 2.85. The number of fused-ring (bicyclic) bond motifs is 1. The highest BCUT2D eigenvalue weighted by molar-refractivity contribution is 9.10. The second-order valence-corrected chi connectivity index (χ2v) is 7.65. The number of carbonyl (C=O) groups is 2. The summed E-state index contributed by atoms with van der Waals surface area (Å²) in [6.45, 7) is -0.0700. The maximum Gasteiger partial charge on any atom is 0.341 e. The standard InChI is InChI=1S/C21H19BrF2N4O3/c1-28-18-7-14(22)3-5-19(18)31-11-17(20(28)29)27-21(30)26-10-12(9-25)6-13-2-4-15(23)8-16(13)24/h2-5,7-10,17H,6,11,25H2,1H3,(H,27,30)/b12-9-,26-10+/t17-/m0/s1. The third-order valence-corrected chi connectivity index (χ3v) is 5.08. The number of hydrogen-bond donors (Lipinski definition) is 2. The van der Waals surface area contributed by atoms with E-state index in [1.807, 2.05) is 0 Å². The van der Waals surface area contributed by atoms with Gasteiger partial charge in [-0.2, -0.15) is 0 Å². The first kappa shape index (κ1) is 22.4. The van der Waals surface area contributed by atoms with E-state index in [0.29, 0.717) is 17.0 Å². The van der Waals surface area contributed by atoms with E-state index >= 15 is 0 Å². The van der Waals surface area contributed by atoms with E-state index in [2.05, 4.69) is 26.2 Å². The molecule has 0 aliphatic carbocycles. The summed E-state index contributed by atoms with van der Waals surface area (Å²) in [6.07, 6.45) is 2.34. The Bertz CT molecular complexity index is 1070. The van der Waals surface area contributed by atoms with Crippen LogP contribution in [0.5, 0.6) is 5.75 Å². The number of rotatable bonds is 4. The van der Waals surface area contributed by atoms with Gasteiger partial charge < -0.3 is 20.7 Å². The maximum absolute atomic E-state index is 13.8. The summed E-state index contributed by atoms with van der Waals surface area (Å²) >= 11 is 3.35. The van der Waals surface area contributed by atoms with Crippen LogP contribution >= 0.6 is 15.9 Å². The number of ether oxygens (including phenoxy) is 1. The van der Waals surface area contributed by atoms with E-state index < -0.39 is 23.7 Å². The number of halogens is 3. The fraction of sp³-hybridized carbons (Fsp3) is 0.190. The zero-order chi connectivity index (χ0) is 22.5. The Kier molecular flexibility index (Phi) is 7.01. The molecule has 3 amide bonds. The van der Waals surface area contributed by atoms with E-state index in [1.54, 1.807) is 25.2 Å². The van der Waals surface area contributed by atoms with Gasteiger partial charge in [0.2, 0.25) is 0 Å². The van der Waals surface area contributed by atoms with Crippen molar-refractivity contribution in [2.24, 2.45) is 10.7 Å². The number of amides is 3. The number of hydrogen-bond acceptors (Lipinski definition) is 4. The molecule has 1 heterocycles. The topological polar surface area (TPSA) is 97.0 Å². The summed E-state index contributed by atoms with van der Waals surface area (Å²) in [6, 6.07) is 6.67. The van der Waals surface area contributed by atoms with Crippen molar-refractivity contribution in [3.05, 3.63) is 69.8 Å². The average molecular weight is 493 g/mol. The lowest BCUT2D eigenvalue weighted by atomic mass is 10.1. The number of benzene rings is 2. The van der Waals surface area contributed by atoms with Gasteiger partial charge in [-0.05, 0) is 41.6 Å². The molecule has 1 atom stereocenters. The molecule has 0 bridgehead atoms. The van der Waals surface area contributed by atoms with E-state index in [1.165, 1.54) is 17.2 Å². The third-order valence-electron chi connectivity index (χ3n) is 4.59. The lowest BCUT2D eigenvalue weighted by Gasteiger charge is -2.19. The van der Waals surface area contributed by atoms with Gasteiger partial charge in [0.05, 0.1) is 5.69 Å². The van der Waals surface area contributed by atoms with Gasteiger partial charge in [0.25, 0.3) is 5.91 Å². The molecule has 7 nitrogen and oxygen atoms in total. The Balaban J connectivity index is 1.65. The largest absolute Gasteiger partial charge is 0.489 e. The summed E-state index contributed by atoms with van der Waals surface area (Å²) in [7, 11) is 1.58. The second kappa shape index (κ2) is 9.69. The fourth-order valence-corrected chi connectivity index (χ4v) is 3.28. The minimum absolute atomic E-state index is 0.0117. The molecule has 0 saturated carbocycles. The highest BCUT2D eigenvalue weighted by Gasteiger charge is 2.30. The molecule has 0 fully saturated rings. The maximum atomic E-state index is 13.8. The van der Waals surface area contributed by atoms with E-state index in [9.17, 15) is 18.4 Å². The third kappa shape index (κ3) is 5.46. The van der Waals surface area contributed by atoms with Crippen molar-refractivity contribution in [3.63, 3.8) is 0 Å². The number of carbonyl (C=O) groups excluding carboxylic acids is 2. The Morgan fingerprint density at radius 3 is 2.84 bits per heavy atom. The first-order chi connectivity index (χ1) is 14.8. The van der Waals surface area contributed by atoms with Crippen molar-refractivity contribution in [3.8, 4) is 5.75 Å². The highest BCUT2D eigenvalue weighted by atomic mass is 79.9. The monoisotopic (exact) mass is 492 g/mol. The normalized spacial score (nSPS) is 16.6. The Morgan fingerprint density at radius 1 is 1.35 bits per heavy atom. The minimum Gasteiger partial charge on any atom is -0.489 e. The summed E-state index contributed by atoms with van der Waals surface area (Å²) in [5.74, 6) is -1.28. The van der Waals surface area contributed by atoms with Gasteiger partial charge in [0, 0.05) is 30.2 Å². The number of anilines is 1. The Hall–Kier alpha value is -3.27. The van der Waals surface area contributed by atoms with Crippen molar-refractivity contribution in [1.29, 1.82) is 0 Å². The molecule has 1 aliphatic rings. The number of allylic oxidation sites excluding steroid dienone is 1. The lowest BCUT2D eigenvalue weighted by molar-refractivity contribution is -0.120. The van der Waals surface area contributed by atoms with E-state index in [0.717, 1.165) is 22.8 Å². The van der Waals surface area contributed by atoms with Gasteiger partial charge in [0.1, 0.15) is 30.0 Å². The molecule has 3 rings (SSSR count). The van der Waals surface area contributed by atoms with Crippen LogP contribution in [0, 0.1) is 11.6 Å². The van der Waals surface area contributed by atoms with Crippen molar-refractivity contribution in [2.45, 2.75) is 12.5 Å². The van der Waals surface area contributed by atoms with Gasteiger partial charge in [-0.15, -0.1) is 0 Å². The first-order valence-corrected chi connectivity index (χ1v) is 9.97. The number of nitrogens with two attached hydrogens (primary N) is 1. The SMILES string of the molecule is CN1C(=O)[C@@H](NC(=O)/N=C/C(=C\N)Cc2ccc(F)cc2F)COc2ccc(Br)cc21. The molecule has 1 aliphatic heterocycles. The van der Waals surface area contributed by atoms with Crippen molar-refractivity contribution >= 4 is 39.8 Å². The number of likely N-dealkylation sites (N-methyl/N-ethyl adjacent to an activating group) is 1. The number of nitrogens with zero attached hydrogens (tertiary/aromatic N) is 2. The molecule has 10 heteroatoms. The van der Waals surface area contributed by atoms with Crippen LogP contribution in [0.4, 0.5) is 19.3 Å². The number of urea groups is 1. The summed E-state index contributed by atoms with van der Waals surface area (Å²) in [4.78, 5) is 30.1. The van der Waals surface area contributed by atoms with Crippen LogP contribution in [-0.4, -0.2) is 37.8 Å². The van der Waals surface area contributed by atoms with Gasteiger partial charge in [-0.3, -0.25) is 4.79 Å². The lowest BCUT2D eigenvalue weighted by Crippen LogP contribution is -2.48. The molecule has 0 radical (unpaired) electrons. The molecule has 0 spiro atoms. The fourth-order valence-electron chi connectivity index (χ4n) is 2.94. The second-order valence-electron chi connectivity index (χ2n) is 6.73. The van der Waals surface area contributed by atoms with Crippen LogP contribution < -0.4 is 20.7 Å². The van der Waals surface area contributed by atoms with Crippen LogP contribution in [0.2, 0.25) is 0 Å². The predicted molar refractivity (Wildman–Crippen MR) is 116 cm³/mol. The van der Waals surface area contributed by atoms with Crippen LogP contribution in [0.1, 0.15) is 5.56 Å². The molecule has 2 aromatic carbocycles. The van der Waals surface area contributed by atoms with Crippen molar-refractivity contribution in [1.82, 2.24) is 5.32 Å². The van der Waals surface area contributed by atoms with Gasteiger partial charge in [-0.1, -0.05) is 22.0 Å². The van der Waals surface area contributed by atoms with E-state index in [-0.39, 0.29) is 24.5 Å². The van der Waals surface area contributed by atoms with Crippen LogP contribution in [0.15, 0.2) is 57.6 Å². The molecule has 0 aromatic heterocycles. The van der Waals surface area contributed by atoms with Crippen molar-refractivity contribution in [2.75, 3.05) is 18.6 Å². The number of nitrogens with one attached hydrogen (secondary N) is 1. The predicted octanol–water partition coefficient (Wildman–Crippen LogP) is 3.32. The zero-order valence-corrected chi connectivity index (χ0v) is 18.0. The Morgan fingerprint density at radius 2 is 2.13 bits per heavy atom. The summed E-state index contributed by atoms with van der Waals surface area (Å²) in [5.41, 5.74) is 6.62. The molecule has 0 unspecified atom stereocenters. The van der Waals surface area contributed by atoms with Crippen LogP contribution in [0.3, 0.4) is 0 Å². The minimum atomic E-state index is -0.958. The van der Waals surface area contributed by atoms with E-state index in [4.69, 9.17) is 10.5 Å². The van der Waals surface area contributed by atoms with Gasteiger partial charge in [-0.25, -0.2) is 18.6 Å². The highest BCUT2D eigenvalue weighted by Crippen LogP contribution is 2.33. The Labute approximate surface area is 185 Å². The molecule has 162 valence electrons. The van der Waals surface area contributed by atoms with Gasteiger partial charge >= 0.3 is 6.03 Å². The van der Waals surface area contributed by atoms with Crippen LogP contribution in [-0.2, 0) is 11.2 Å². The molecular formula is C21H19BrF2N4O3. The first-order valence-electron chi connectivity index (χ1n) is 9.17. The molecule has 0 saturated heterocycles. The molecule has 2 aromatic rings. The molecule has 3 N–H and O–H groups in total. The zero-order valence-electron chi connectivity index (χ0n) is 16.4. The summed E-state index contributed by atoms with van der Waals surface area (Å²) in [5, 5.41) is 2.49. The van der Waals surface area contributed by atoms with Gasteiger partial charge in [0.15, 0.2) is 0 Å². The van der Waals surface area contributed by atoms with Crippen LogP contribution in [0.25, 0.3) is 0 Å².